The summed E-state index contributed by atoms with van der Waals surface area (Å²) in [4.78, 5) is 2.11. The molecular weight excluding hydrogens is 271 g/mol. The molecule has 0 aliphatic heterocycles. The first-order chi connectivity index (χ1) is 7.66. The van der Waals surface area contributed by atoms with Crippen LogP contribution < -0.4 is 5.73 Å². The van der Waals surface area contributed by atoms with Crippen molar-refractivity contribution in [3.63, 3.8) is 0 Å². The molecule has 18 heavy (non-hydrogen) atoms. The molecular formula is C13H18Cl2N2O. The van der Waals surface area contributed by atoms with Gasteiger partial charge in [0.05, 0.1) is 6.26 Å². The molecule has 5 heteroatoms. The van der Waals surface area contributed by atoms with Crippen molar-refractivity contribution in [1.82, 2.24) is 4.90 Å². The maximum Gasteiger partial charge on any atom is 0.135 e. The maximum atomic E-state index is 6.01. The largest absolute Gasteiger partial charge is 0.464 e. The van der Waals surface area contributed by atoms with Crippen LogP contribution in [0.2, 0.25) is 0 Å². The molecule has 2 N–H and O–H groups in total. The van der Waals surface area contributed by atoms with Crippen LogP contribution in [0, 0.1) is 0 Å². The predicted molar refractivity (Wildman–Crippen MR) is 80.4 cm³/mol. The van der Waals surface area contributed by atoms with E-state index in [0.717, 1.165) is 23.6 Å². The van der Waals surface area contributed by atoms with Gasteiger partial charge < -0.3 is 15.1 Å². The van der Waals surface area contributed by atoms with Gasteiger partial charge in [0.2, 0.25) is 0 Å². The Hall–Kier alpha value is -1.16. The molecule has 0 fully saturated rings. The molecule has 2 aromatic rings. The second-order valence-corrected chi connectivity index (χ2v) is 4.14. The number of nitrogens with zero attached hydrogens (tertiary/aromatic N) is 1. The van der Waals surface area contributed by atoms with Gasteiger partial charge in [-0.1, -0.05) is 6.07 Å². The summed E-state index contributed by atoms with van der Waals surface area (Å²) in [5, 5.41) is 0. The van der Waals surface area contributed by atoms with Crippen molar-refractivity contribution >= 4 is 30.5 Å². The molecule has 0 aliphatic rings. The number of anilines is 1. The van der Waals surface area contributed by atoms with Crippen molar-refractivity contribution in [3.05, 3.63) is 42.2 Å². The molecule has 2 rings (SSSR count). The zero-order valence-electron chi connectivity index (χ0n) is 10.4. The standard InChI is InChI=1S/C13H16N2O.2ClH/c1-15(2)9-10-5-6-11(12(14)8-10)13-4-3-7-16-13;;/h3-8H,9,14H2,1-2H3;2*1H. The van der Waals surface area contributed by atoms with E-state index in [1.165, 1.54) is 5.56 Å². The molecule has 1 aromatic heterocycles. The summed E-state index contributed by atoms with van der Waals surface area (Å²) < 4.78 is 5.33. The number of nitrogens with two attached hydrogens (primary N) is 1. The van der Waals surface area contributed by atoms with Gasteiger partial charge in [0.1, 0.15) is 5.76 Å². The lowest BCUT2D eigenvalue weighted by atomic mass is 10.1. The van der Waals surface area contributed by atoms with Crippen LogP contribution in [0.5, 0.6) is 0 Å². The minimum Gasteiger partial charge on any atom is -0.464 e. The summed E-state index contributed by atoms with van der Waals surface area (Å²) in [6.07, 6.45) is 1.66. The molecule has 100 valence electrons. The van der Waals surface area contributed by atoms with E-state index < -0.39 is 0 Å². The van der Waals surface area contributed by atoms with Gasteiger partial charge in [-0.3, -0.25) is 0 Å². The first-order valence-corrected chi connectivity index (χ1v) is 5.24. The van der Waals surface area contributed by atoms with E-state index in [2.05, 4.69) is 11.0 Å². The number of halogens is 2. The van der Waals surface area contributed by atoms with Gasteiger partial charge in [-0.15, -0.1) is 24.8 Å². The topological polar surface area (TPSA) is 42.4 Å². The lowest BCUT2D eigenvalue weighted by Crippen LogP contribution is -2.10. The van der Waals surface area contributed by atoms with Gasteiger partial charge in [0.15, 0.2) is 0 Å². The van der Waals surface area contributed by atoms with Crippen LogP contribution in [0.25, 0.3) is 11.3 Å². The highest BCUT2D eigenvalue weighted by atomic mass is 35.5. The van der Waals surface area contributed by atoms with Crippen LogP contribution in [0.15, 0.2) is 41.0 Å². The number of rotatable bonds is 3. The highest BCUT2D eigenvalue weighted by Crippen LogP contribution is 2.27. The Morgan fingerprint density at radius 2 is 1.89 bits per heavy atom. The Labute approximate surface area is 120 Å². The van der Waals surface area contributed by atoms with Crippen molar-refractivity contribution in [2.24, 2.45) is 0 Å². The van der Waals surface area contributed by atoms with E-state index in [4.69, 9.17) is 10.2 Å². The fourth-order valence-corrected chi connectivity index (χ4v) is 1.73. The number of nitrogen functional groups attached to an aromatic ring is 1. The van der Waals surface area contributed by atoms with Gasteiger partial charge in [-0.25, -0.2) is 0 Å². The zero-order valence-corrected chi connectivity index (χ0v) is 12.1. The fourth-order valence-electron chi connectivity index (χ4n) is 1.73. The number of benzene rings is 1. The second-order valence-electron chi connectivity index (χ2n) is 4.14. The molecule has 0 saturated heterocycles. The quantitative estimate of drug-likeness (QED) is 0.880. The summed E-state index contributed by atoms with van der Waals surface area (Å²) in [6, 6.07) is 9.86. The van der Waals surface area contributed by atoms with Crippen LogP contribution >= 0.6 is 24.8 Å². The summed E-state index contributed by atoms with van der Waals surface area (Å²) in [7, 11) is 4.08. The highest BCUT2D eigenvalue weighted by Gasteiger charge is 2.06. The van der Waals surface area contributed by atoms with E-state index >= 15 is 0 Å². The second kappa shape index (κ2) is 7.31. The predicted octanol–water partition coefficient (Wildman–Crippen LogP) is 3.43. The number of hydrogen-bond acceptors (Lipinski definition) is 3. The molecule has 0 bridgehead atoms. The summed E-state index contributed by atoms with van der Waals surface area (Å²) >= 11 is 0. The fraction of sp³-hybridized carbons (Fsp3) is 0.231. The molecule has 0 aliphatic carbocycles. The molecule has 0 spiro atoms. The van der Waals surface area contributed by atoms with Crippen molar-refractivity contribution in [3.8, 4) is 11.3 Å². The molecule has 0 radical (unpaired) electrons. The SMILES string of the molecule is CN(C)Cc1ccc(-c2ccco2)c(N)c1.Cl.Cl. The monoisotopic (exact) mass is 288 g/mol. The minimum absolute atomic E-state index is 0. The van der Waals surface area contributed by atoms with E-state index in [9.17, 15) is 0 Å². The lowest BCUT2D eigenvalue weighted by Gasteiger charge is -2.11. The Morgan fingerprint density at radius 3 is 2.39 bits per heavy atom. The summed E-state index contributed by atoms with van der Waals surface area (Å²) in [5.74, 6) is 0.814. The molecule has 1 aromatic carbocycles. The van der Waals surface area contributed by atoms with Gasteiger partial charge in [0.25, 0.3) is 0 Å². The van der Waals surface area contributed by atoms with Gasteiger partial charge >= 0.3 is 0 Å². The molecule has 0 atom stereocenters. The Morgan fingerprint density at radius 1 is 1.17 bits per heavy atom. The van der Waals surface area contributed by atoms with Gasteiger partial charge in [-0.05, 0) is 43.9 Å². The summed E-state index contributed by atoms with van der Waals surface area (Å²) in [6.45, 7) is 0.892. The Bertz CT molecular complexity index is 470. The van der Waals surface area contributed by atoms with Crippen LogP contribution in [-0.2, 0) is 6.54 Å². The molecule has 3 nitrogen and oxygen atoms in total. The minimum atomic E-state index is 0. The normalized spacial score (nSPS) is 9.72. The zero-order chi connectivity index (χ0) is 11.5. The van der Waals surface area contributed by atoms with E-state index in [1.807, 2.05) is 38.4 Å². The number of furan rings is 1. The van der Waals surface area contributed by atoms with Crippen LogP contribution in [-0.4, -0.2) is 19.0 Å². The lowest BCUT2D eigenvalue weighted by molar-refractivity contribution is 0.402. The van der Waals surface area contributed by atoms with Gasteiger partial charge in [0, 0.05) is 17.8 Å². The van der Waals surface area contributed by atoms with Crippen molar-refractivity contribution in [2.75, 3.05) is 19.8 Å². The Kier molecular flexibility index (Phi) is 6.84. The van der Waals surface area contributed by atoms with E-state index in [0.29, 0.717) is 0 Å². The van der Waals surface area contributed by atoms with Crippen molar-refractivity contribution in [1.29, 1.82) is 0 Å². The third-order valence-corrected chi connectivity index (χ3v) is 2.40. The first-order valence-electron chi connectivity index (χ1n) is 5.24. The number of hydrogen-bond donors (Lipinski definition) is 1. The third kappa shape index (κ3) is 3.95. The molecule has 0 unspecified atom stereocenters. The average molecular weight is 289 g/mol. The van der Waals surface area contributed by atoms with Gasteiger partial charge in [-0.2, -0.15) is 0 Å². The van der Waals surface area contributed by atoms with Crippen LogP contribution in [0.3, 0.4) is 0 Å². The highest BCUT2D eigenvalue weighted by molar-refractivity contribution is 5.85. The Balaban J connectivity index is 0.00000144. The van der Waals surface area contributed by atoms with E-state index in [1.54, 1.807) is 6.26 Å². The smallest absolute Gasteiger partial charge is 0.135 e. The molecule has 0 amide bonds. The maximum absolute atomic E-state index is 6.01. The summed E-state index contributed by atoms with van der Waals surface area (Å²) in [5.41, 5.74) is 8.93. The molecule has 0 saturated carbocycles. The van der Waals surface area contributed by atoms with E-state index in [-0.39, 0.29) is 24.8 Å². The van der Waals surface area contributed by atoms with Crippen LogP contribution in [0.4, 0.5) is 5.69 Å². The average Bonchev–Trinajstić information content (AvgIpc) is 2.69. The first kappa shape index (κ1) is 16.8. The van der Waals surface area contributed by atoms with Crippen LogP contribution in [0.1, 0.15) is 5.56 Å². The van der Waals surface area contributed by atoms with Crippen molar-refractivity contribution in [2.45, 2.75) is 6.54 Å². The molecule has 1 heterocycles. The van der Waals surface area contributed by atoms with Crippen molar-refractivity contribution < 1.29 is 4.42 Å². The third-order valence-electron chi connectivity index (χ3n) is 2.40.